The van der Waals surface area contributed by atoms with Crippen LogP contribution in [0.5, 0.6) is 5.75 Å². The first-order valence-corrected chi connectivity index (χ1v) is 10.6. The molecule has 0 bridgehead atoms. The summed E-state index contributed by atoms with van der Waals surface area (Å²) in [5.74, 6) is -3.16. The lowest BCUT2D eigenvalue weighted by Gasteiger charge is -2.24. The molecule has 0 saturated heterocycles. The molecule has 4 rings (SSSR count). The van der Waals surface area contributed by atoms with E-state index in [0.29, 0.717) is 21.2 Å². The van der Waals surface area contributed by atoms with Crippen LogP contribution in [-0.4, -0.2) is 25.6 Å². The van der Waals surface area contributed by atoms with Gasteiger partial charge in [0.05, 0.1) is 12.1 Å². The molecule has 166 valence electrons. The van der Waals surface area contributed by atoms with Gasteiger partial charge in [0.15, 0.2) is 0 Å². The highest BCUT2D eigenvalue weighted by molar-refractivity contribution is 6.35. The predicted octanol–water partition coefficient (Wildman–Crippen LogP) is 6.26. The van der Waals surface area contributed by atoms with Crippen molar-refractivity contribution < 1.29 is 18.3 Å². The van der Waals surface area contributed by atoms with Gasteiger partial charge in [-0.25, -0.2) is 0 Å². The quantitative estimate of drug-likeness (QED) is 0.474. The van der Waals surface area contributed by atoms with Crippen LogP contribution in [0, 0.1) is 0 Å². The molecular formula is C24H20Cl2F2N2O2. The fraction of sp³-hybridized carbons (Fsp3) is 0.208. The summed E-state index contributed by atoms with van der Waals surface area (Å²) < 4.78 is 41.8. The average Bonchev–Trinajstić information content (AvgIpc) is 2.78. The van der Waals surface area contributed by atoms with Crippen LogP contribution in [-0.2, 0) is 10.7 Å². The summed E-state index contributed by atoms with van der Waals surface area (Å²) in [4.78, 5) is 4.26. The number of benzene rings is 3. The Morgan fingerprint density at radius 2 is 1.66 bits per heavy atom. The second-order valence-corrected chi connectivity index (χ2v) is 8.29. The molecule has 0 aromatic heterocycles. The lowest BCUT2D eigenvalue weighted by molar-refractivity contribution is -0.0768. The second kappa shape index (κ2) is 9.45. The Balaban J connectivity index is 1.81. The van der Waals surface area contributed by atoms with Gasteiger partial charge in [-0.05, 0) is 47.0 Å². The summed E-state index contributed by atoms with van der Waals surface area (Å²) in [6.45, 7) is -0.902. The van der Waals surface area contributed by atoms with Crippen molar-refractivity contribution in [1.82, 2.24) is 0 Å². The first-order valence-electron chi connectivity index (χ1n) is 9.89. The molecule has 1 aliphatic rings. The van der Waals surface area contributed by atoms with Crippen molar-refractivity contribution in [3.8, 4) is 16.9 Å². The van der Waals surface area contributed by atoms with E-state index in [1.807, 2.05) is 30.3 Å². The van der Waals surface area contributed by atoms with Crippen molar-refractivity contribution in [3.63, 3.8) is 0 Å². The van der Waals surface area contributed by atoms with Gasteiger partial charge in [-0.2, -0.15) is 8.78 Å². The Kier molecular flexibility index (Phi) is 6.65. The van der Waals surface area contributed by atoms with Gasteiger partial charge in [-0.15, -0.1) is 0 Å². The highest BCUT2D eigenvalue weighted by Crippen LogP contribution is 2.40. The van der Waals surface area contributed by atoms with Crippen LogP contribution in [0.1, 0.15) is 17.2 Å². The van der Waals surface area contributed by atoms with Crippen LogP contribution in [0.25, 0.3) is 11.1 Å². The van der Waals surface area contributed by atoms with Gasteiger partial charge in [0.1, 0.15) is 30.9 Å². The molecule has 3 aromatic rings. The summed E-state index contributed by atoms with van der Waals surface area (Å²) in [5.41, 5.74) is 7.48. The summed E-state index contributed by atoms with van der Waals surface area (Å²) in [7, 11) is 0. The molecule has 1 aliphatic heterocycles. The fourth-order valence-electron chi connectivity index (χ4n) is 3.46. The molecule has 0 aliphatic carbocycles. The number of aliphatic imine (C=N–C) groups is 1. The van der Waals surface area contributed by atoms with E-state index in [4.69, 9.17) is 38.4 Å². The first kappa shape index (κ1) is 22.5. The largest absolute Gasteiger partial charge is 0.483 e. The maximum Gasteiger partial charge on any atom is 0.299 e. The van der Waals surface area contributed by atoms with Crippen LogP contribution < -0.4 is 10.5 Å². The second-order valence-electron chi connectivity index (χ2n) is 7.42. The van der Waals surface area contributed by atoms with Crippen LogP contribution in [0.2, 0.25) is 10.0 Å². The number of fused-ring (bicyclic) bond motifs is 1. The predicted molar refractivity (Wildman–Crippen MR) is 123 cm³/mol. The van der Waals surface area contributed by atoms with Crippen molar-refractivity contribution in [2.75, 3.05) is 19.8 Å². The van der Waals surface area contributed by atoms with Crippen LogP contribution in [0.3, 0.4) is 0 Å². The SMILES string of the molecule is NC1=NCC(c2ccccc2)Oc2ccc(-c3cc(Cl)cc(Cl)c3)cc2C(F)(F)COC1. The lowest BCUT2D eigenvalue weighted by atomic mass is 9.99. The topological polar surface area (TPSA) is 56.8 Å². The number of rotatable bonds is 2. The fourth-order valence-corrected chi connectivity index (χ4v) is 3.98. The van der Waals surface area contributed by atoms with E-state index in [2.05, 4.69) is 4.99 Å². The molecule has 8 heteroatoms. The van der Waals surface area contributed by atoms with Crippen molar-refractivity contribution in [2.24, 2.45) is 10.7 Å². The number of halogens is 4. The van der Waals surface area contributed by atoms with Gasteiger partial charge in [0, 0.05) is 10.0 Å². The molecule has 0 radical (unpaired) electrons. The first-order chi connectivity index (χ1) is 15.3. The van der Waals surface area contributed by atoms with E-state index in [-0.39, 0.29) is 30.3 Å². The number of nitrogens with two attached hydrogens (primary N) is 1. The van der Waals surface area contributed by atoms with E-state index in [1.165, 1.54) is 12.1 Å². The summed E-state index contributed by atoms with van der Waals surface area (Å²) in [6, 6.07) is 18.8. The number of amidine groups is 1. The lowest BCUT2D eigenvalue weighted by Crippen LogP contribution is -2.26. The highest BCUT2D eigenvalue weighted by atomic mass is 35.5. The molecule has 1 heterocycles. The Hall–Kier alpha value is -2.67. The number of hydrogen-bond acceptors (Lipinski definition) is 4. The minimum atomic E-state index is -3.33. The van der Waals surface area contributed by atoms with Crippen LogP contribution >= 0.6 is 23.2 Å². The average molecular weight is 477 g/mol. The van der Waals surface area contributed by atoms with Crippen LogP contribution in [0.15, 0.2) is 71.7 Å². The van der Waals surface area contributed by atoms with Crippen molar-refractivity contribution in [3.05, 3.63) is 87.9 Å². The molecule has 1 unspecified atom stereocenters. The zero-order valence-corrected chi connectivity index (χ0v) is 18.4. The Morgan fingerprint density at radius 3 is 2.38 bits per heavy atom. The molecule has 0 saturated carbocycles. The van der Waals surface area contributed by atoms with Crippen molar-refractivity contribution in [2.45, 2.75) is 12.0 Å². The van der Waals surface area contributed by atoms with E-state index in [9.17, 15) is 0 Å². The normalized spacial score (nSPS) is 18.6. The standard InChI is InChI=1S/C24H20Cl2F2N2O2/c25-18-8-17(9-19(26)11-18)16-6-7-21-20(10-16)24(27,28)14-31-13-23(29)30-12-22(32-21)15-4-2-1-3-5-15/h1-11,22H,12-14H2,(H2,29,30). The Labute approximate surface area is 194 Å². The molecule has 1 atom stereocenters. The number of ether oxygens (including phenoxy) is 2. The van der Waals surface area contributed by atoms with Gasteiger partial charge in [-0.3, -0.25) is 4.99 Å². The van der Waals surface area contributed by atoms with Crippen LogP contribution in [0.4, 0.5) is 8.78 Å². The Bertz CT molecular complexity index is 1120. The summed E-state index contributed by atoms with van der Waals surface area (Å²) in [5, 5.41) is 0.819. The highest BCUT2D eigenvalue weighted by Gasteiger charge is 2.37. The molecule has 3 aromatic carbocycles. The zero-order chi connectivity index (χ0) is 22.7. The van der Waals surface area contributed by atoms with Crippen molar-refractivity contribution in [1.29, 1.82) is 0 Å². The number of hydrogen-bond donors (Lipinski definition) is 1. The van der Waals surface area contributed by atoms with E-state index in [0.717, 1.165) is 5.56 Å². The van der Waals surface area contributed by atoms with Gasteiger partial charge in [0.2, 0.25) is 0 Å². The number of alkyl halides is 2. The molecule has 0 spiro atoms. The molecule has 0 fully saturated rings. The smallest absolute Gasteiger partial charge is 0.299 e. The third kappa shape index (κ3) is 5.21. The molecule has 4 nitrogen and oxygen atoms in total. The third-order valence-corrected chi connectivity index (χ3v) is 5.44. The Morgan fingerprint density at radius 1 is 0.938 bits per heavy atom. The maximum atomic E-state index is 15.3. The summed E-state index contributed by atoms with van der Waals surface area (Å²) in [6.07, 6.45) is -0.603. The van der Waals surface area contributed by atoms with Gasteiger partial charge >= 0.3 is 0 Å². The van der Waals surface area contributed by atoms with E-state index in [1.54, 1.807) is 24.3 Å². The van der Waals surface area contributed by atoms with Gasteiger partial charge < -0.3 is 15.2 Å². The number of nitrogens with zero attached hydrogens (tertiary/aromatic N) is 1. The third-order valence-electron chi connectivity index (χ3n) is 5.00. The van der Waals surface area contributed by atoms with Gasteiger partial charge in [-0.1, -0.05) is 59.6 Å². The zero-order valence-electron chi connectivity index (χ0n) is 16.9. The molecule has 2 N–H and O–H groups in total. The molecule has 0 amide bonds. The minimum Gasteiger partial charge on any atom is -0.483 e. The molecule has 32 heavy (non-hydrogen) atoms. The van der Waals surface area contributed by atoms with Gasteiger partial charge in [0.25, 0.3) is 5.92 Å². The summed E-state index contributed by atoms with van der Waals surface area (Å²) >= 11 is 12.2. The minimum absolute atomic E-state index is 0.0417. The molecular weight excluding hydrogens is 457 g/mol. The van der Waals surface area contributed by atoms with Crippen molar-refractivity contribution >= 4 is 29.0 Å². The maximum absolute atomic E-state index is 15.3. The monoisotopic (exact) mass is 476 g/mol. The van der Waals surface area contributed by atoms with E-state index < -0.39 is 18.6 Å². The van der Waals surface area contributed by atoms with E-state index >= 15 is 8.78 Å².